The molecule has 2 aromatic heterocycles. The molecule has 29 heavy (non-hydrogen) atoms. The minimum Gasteiger partial charge on any atom is -0.464 e. The van der Waals surface area contributed by atoms with E-state index in [-0.39, 0.29) is 18.1 Å². The quantitative estimate of drug-likeness (QED) is 0.368. The van der Waals surface area contributed by atoms with Crippen molar-refractivity contribution in [2.24, 2.45) is 5.92 Å². The van der Waals surface area contributed by atoms with Crippen LogP contribution in [0.2, 0.25) is 0 Å². The zero-order valence-electron chi connectivity index (χ0n) is 17.9. The van der Waals surface area contributed by atoms with Crippen LogP contribution in [0.3, 0.4) is 0 Å². The van der Waals surface area contributed by atoms with Crippen molar-refractivity contribution in [3.05, 3.63) is 27.1 Å². The fourth-order valence-corrected chi connectivity index (χ4v) is 5.43. The predicted octanol–water partition coefficient (Wildman–Crippen LogP) is 5.27. The highest BCUT2D eigenvalue weighted by atomic mass is 32.1. The van der Waals surface area contributed by atoms with Gasteiger partial charge in [0.1, 0.15) is 11.4 Å². The first-order valence-electron chi connectivity index (χ1n) is 11.3. The topological polar surface area (TPSA) is 61.2 Å². The van der Waals surface area contributed by atoms with Crippen LogP contribution in [0.15, 0.2) is 11.1 Å². The van der Waals surface area contributed by atoms with E-state index in [4.69, 9.17) is 4.74 Å². The summed E-state index contributed by atoms with van der Waals surface area (Å²) in [4.78, 5) is 31.6. The summed E-state index contributed by atoms with van der Waals surface area (Å²) in [6.45, 7) is 4.86. The molecule has 6 heteroatoms. The molecular formula is C23H34N2O3S. The van der Waals surface area contributed by atoms with E-state index in [2.05, 4.69) is 18.8 Å². The van der Waals surface area contributed by atoms with Crippen LogP contribution in [0.5, 0.6) is 0 Å². The Morgan fingerprint density at radius 3 is 2.69 bits per heavy atom. The Labute approximate surface area is 177 Å². The monoisotopic (exact) mass is 418 g/mol. The van der Waals surface area contributed by atoms with Gasteiger partial charge in [-0.2, -0.15) is 0 Å². The summed E-state index contributed by atoms with van der Waals surface area (Å²) >= 11 is 1.63. The number of esters is 1. The maximum Gasteiger partial charge on any atom is 0.326 e. The van der Waals surface area contributed by atoms with E-state index >= 15 is 0 Å². The average Bonchev–Trinajstić information content (AvgIpc) is 3.07. The Kier molecular flexibility index (Phi) is 8.28. The summed E-state index contributed by atoms with van der Waals surface area (Å²) < 4.78 is 6.75. The molecule has 1 aliphatic rings. The molecular weight excluding hydrogens is 384 g/mol. The molecule has 0 radical (unpaired) electrons. The number of hydrogen-bond donors (Lipinski definition) is 0. The Morgan fingerprint density at radius 2 is 1.93 bits per heavy atom. The van der Waals surface area contributed by atoms with Gasteiger partial charge >= 0.3 is 5.97 Å². The van der Waals surface area contributed by atoms with Crippen molar-refractivity contribution in [1.82, 2.24) is 9.55 Å². The van der Waals surface area contributed by atoms with Crippen LogP contribution in [-0.4, -0.2) is 22.1 Å². The lowest BCUT2D eigenvalue weighted by atomic mass is 9.89. The van der Waals surface area contributed by atoms with Gasteiger partial charge < -0.3 is 4.74 Å². The van der Waals surface area contributed by atoms with Gasteiger partial charge in [0.15, 0.2) is 0 Å². The molecule has 0 aromatic carbocycles. The van der Waals surface area contributed by atoms with Crippen LogP contribution in [0.1, 0.15) is 82.1 Å². The minimum atomic E-state index is -0.353. The number of unbranched alkanes of at least 4 members (excludes halogenated alkanes) is 7. The van der Waals surface area contributed by atoms with Gasteiger partial charge in [0.05, 0.1) is 18.3 Å². The molecule has 1 atom stereocenters. The molecule has 0 aliphatic heterocycles. The second-order valence-corrected chi connectivity index (χ2v) is 9.49. The lowest BCUT2D eigenvalue weighted by Gasteiger charge is -2.17. The maximum absolute atomic E-state index is 12.9. The number of carbonyl (C=O) groups excluding carboxylic acids is 1. The van der Waals surface area contributed by atoms with Crippen LogP contribution in [-0.2, 0) is 28.9 Å². The molecule has 5 nitrogen and oxygen atoms in total. The van der Waals surface area contributed by atoms with Crippen LogP contribution in [0.25, 0.3) is 10.2 Å². The Hall–Kier alpha value is -1.69. The summed E-state index contributed by atoms with van der Waals surface area (Å²) in [6.07, 6.45) is 14.2. The number of thiophene rings is 1. The zero-order valence-corrected chi connectivity index (χ0v) is 18.7. The molecule has 0 saturated carbocycles. The SMILES string of the molecule is CCCCCCCCCCOC(=O)Cn1cnc2sc3c(c2c1=O)CCC(C)C3. The van der Waals surface area contributed by atoms with E-state index in [1.807, 2.05) is 0 Å². The summed E-state index contributed by atoms with van der Waals surface area (Å²) in [5, 5.41) is 0.718. The highest BCUT2D eigenvalue weighted by Gasteiger charge is 2.23. The summed E-state index contributed by atoms with van der Waals surface area (Å²) in [6, 6.07) is 0. The van der Waals surface area contributed by atoms with E-state index in [1.165, 1.54) is 54.3 Å². The van der Waals surface area contributed by atoms with Gasteiger partial charge in [-0.1, -0.05) is 58.8 Å². The third-order valence-electron chi connectivity index (χ3n) is 5.84. The van der Waals surface area contributed by atoms with Crippen LogP contribution < -0.4 is 5.56 Å². The summed E-state index contributed by atoms with van der Waals surface area (Å²) in [7, 11) is 0. The number of aryl methyl sites for hydroxylation is 1. The Morgan fingerprint density at radius 1 is 1.21 bits per heavy atom. The lowest BCUT2D eigenvalue weighted by Crippen LogP contribution is -2.26. The van der Waals surface area contributed by atoms with E-state index in [0.29, 0.717) is 12.5 Å². The van der Waals surface area contributed by atoms with E-state index < -0.39 is 0 Å². The largest absolute Gasteiger partial charge is 0.464 e. The number of aromatic nitrogens is 2. The molecule has 160 valence electrons. The van der Waals surface area contributed by atoms with Gasteiger partial charge in [0, 0.05) is 4.88 Å². The fourth-order valence-electron chi connectivity index (χ4n) is 4.09. The fraction of sp³-hybridized carbons (Fsp3) is 0.696. The molecule has 0 saturated heterocycles. The van der Waals surface area contributed by atoms with Gasteiger partial charge in [0.25, 0.3) is 5.56 Å². The maximum atomic E-state index is 12.9. The van der Waals surface area contributed by atoms with Gasteiger partial charge in [-0.15, -0.1) is 11.3 Å². The summed E-state index contributed by atoms with van der Waals surface area (Å²) in [5.74, 6) is 0.304. The van der Waals surface area contributed by atoms with Crippen LogP contribution in [0.4, 0.5) is 0 Å². The van der Waals surface area contributed by atoms with Crippen LogP contribution >= 0.6 is 11.3 Å². The van der Waals surface area contributed by atoms with Crippen molar-refractivity contribution in [3.8, 4) is 0 Å². The second-order valence-electron chi connectivity index (χ2n) is 8.40. The first-order valence-corrected chi connectivity index (χ1v) is 12.1. The van der Waals surface area contributed by atoms with Crippen molar-refractivity contribution in [3.63, 3.8) is 0 Å². The standard InChI is InChI=1S/C23H34N2O3S/c1-3-4-5-6-7-8-9-10-13-28-20(26)15-25-16-24-22-21(23(25)27)18-12-11-17(2)14-19(18)29-22/h16-17H,3-15H2,1-2H3. The number of rotatable bonds is 11. The van der Waals surface area contributed by atoms with Crippen molar-refractivity contribution >= 4 is 27.5 Å². The molecule has 0 amide bonds. The van der Waals surface area contributed by atoms with Gasteiger partial charge in [-0.05, 0) is 37.2 Å². The Balaban J connectivity index is 1.47. The number of hydrogen-bond acceptors (Lipinski definition) is 5. The molecule has 1 unspecified atom stereocenters. The van der Waals surface area contributed by atoms with E-state index in [0.717, 1.165) is 47.9 Å². The number of nitrogens with zero attached hydrogens (tertiary/aromatic N) is 2. The normalized spacial score (nSPS) is 16.1. The van der Waals surface area contributed by atoms with Crippen molar-refractivity contribution in [2.75, 3.05) is 6.61 Å². The third kappa shape index (κ3) is 5.91. The zero-order chi connectivity index (χ0) is 20.6. The highest BCUT2D eigenvalue weighted by molar-refractivity contribution is 7.18. The minimum absolute atomic E-state index is 0.0557. The average molecular weight is 419 g/mol. The van der Waals surface area contributed by atoms with Gasteiger partial charge in [-0.25, -0.2) is 4.98 Å². The summed E-state index contributed by atoms with van der Waals surface area (Å²) in [5.41, 5.74) is 1.05. The van der Waals surface area contributed by atoms with Crippen molar-refractivity contribution < 1.29 is 9.53 Å². The molecule has 3 rings (SSSR count). The first kappa shape index (κ1) is 22.0. The third-order valence-corrected chi connectivity index (χ3v) is 7.00. The lowest BCUT2D eigenvalue weighted by molar-refractivity contribution is -0.144. The van der Waals surface area contributed by atoms with Crippen LogP contribution in [0, 0.1) is 5.92 Å². The molecule has 2 aromatic rings. The van der Waals surface area contributed by atoms with Crippen molar-refractivity contribution in [2.45, 2.75) is 91.0 Å². The van der Waals surface area contributed by atoms with Gasteiger partial charge in [-0.3, -0.25) is 14.2 Å². The van der Waals surface area contributed by atoms with E-state index in [1.54, 1.807) is 11.3 Å². The first-order chi connectivity index (χ1) is 14.1. The van der Waals surface area contributed by atoms with Gasteiger partial charge in [0.2, 0.25) is 0 Å². The van der Waals surface area contributed by atoms with E-state index in [9.17, 15) is 9.59 Å². The number of fused-ring (bicyclic) bond motifs is 3. The molecule has 0 N–H and O–H groups in total. The molecule has 0 fully saturated rings. The second kappa shape index (κ2) is 10.9. The number of ether oxygens (including phenoxy) is 1. The highest BCUT2D eigenvalue weighted by Crippen LogP contribution is 2.35. The predicted molar refractivity (Wildman–Crippen MR) is 119 cm³/mol. The smallest absolute Gasteiger partial charge is 0.326 e. The Bertz CT molecular complexity index is 871. The molecule has 1 aliphatic carbocycles. The van der Waals surface area contributed by atoms with Crippen molar-refractivity contribution in [1.29, 1.82) is 0 Å². The molecule has 0 spiro atoms. The molecule has 2 heterocycles. The number of carbonyl (C=O) groups is 1. The molecule has 0 bridgehead atoms.